The average Bonchev–Trinajstić information content (AvgIpc) is 2.63. The van der Waals surface area contributed by atoms with E-state index >= 15 is 0 Å². The Bertz CT molecular complexity index is 835. The Morgan fingerprint density at radius 1 is 0.926 bits per heavy atom. The molecule has 7 nitrogen and oxygen atoms in total. The van der Waals surface area contributed by atoms with Gasteiger partial charge in [0.1, 0.15) is 12.2 Å². The number of amides is 2. The van der Waals surface area contributed by atoms with Crippen molar-refractivity contribution in [3.05, 3.63) is 41.2 Å². The molecule has 9 heteroatoms. The Morgan fingerprint density at radius 2 is 1.48 bits per heavy atom. The Morgan fingerprint density at radius 3 is 1.96 bits per heavy atom. The van der Waals surface area contributed by atoms with Gasteiger partial charge in [-0.2, -0.15) is 0 Å². The molecule has 2 aromatic rings. The number of rotatable bonds is 7. The van der Waals surface area contributed by atoms with Crippen LogP contribution in [0.3, 0.4) is 0 Å². The number of anilines is 2. The van der Waals surface area contributed by atoms with Crippen molar-refractivity contribution in [3.63, 3.8) is 0 Å². The van der Waals surface area contributed by atoms with Crippen LogP contribution in [0.4, 0.5) is 15.8 Å². The number of halogens is 2. The number of nitrogens with one attached hydrogen (secondary N) is 2. The van der Waals surface area contributed by atoms with Crippen LogP contribution in [0.15, 0.2) is 30.3 Å². The molecule has 27 heavy (non-hydrogen) atoms. The monoisotopic (exact) mass is 396 g/mol. The van der Waals surface area contributed by atoms with Crippen molar-refractivity contribution in [2.45, 2.75) is 6.42 Å². The highest BCUT2D eigenvalue weighted by molar-refractivity contribution is 6.31. The fourth-order valence-corrected chi connectivity index (χ4v) is 2.46. The van der Waals surface area contributed by atoms with Gasteiger partial charge in [0.25, 0.3) is 0 Å². The van der Waals surface area contributed by atoms with Crippen LogP contribution < -0.4 is 24.8 Å². The number of methoxy groups -OCH3 is 3. The van der Waals surface area contributed by atoms with Gasteiger partial charge in [0.05, 0.1) is 26.4 Å². The van der Waals surface area contributed by atoms with Gasteiger partial charge in [0.2, 0.25) is 17.6 Å². The minimum Gasteiger partial charge on any atom is -0.493 e. The molecule has 0 bridgehead atoms. The molecule has 2 aromatic carbocycles. The van der Waals surface area contributed by atoms with Gasteiger partial charge in [0, 0.05) is 23.5 Å². The second-order valence-corrected chi connectivity index (χ2v) is 5.72. The lowest BCUT2D eigenvalue weighted by Gasteiger charge is -2.14. The van der Waals surface area contributed by atoms with Gasteiger partial charge in [-0.25, -0.2) is 4.39 Å². The summed E-state index contributed by atoms with van der Waals surface area (Å²) in [5, 5.41) is 4.92. The van der Waals surface area contributed by atoms with Crippen molar-refractivity contribution in [3.8, 4) is 17.2 Å². The molecule has 2 amide bonds. The SMILES string of the molecule is COc1cc(NC(=O)CC(=O)Nc2ccc(F)c(Cl)c2)cc(OC)c1OC. The van der Waals surface area contributed by atoms with Gasteiger partial charge in [-0.1, -0.05) is 11.6 Å². The van der Waals surface area contributed by atoms with Crippen LogP contribution in [-0.2, 0) is 9.59 Å². The Hall–Kier alpha value is -3.00. The number of ether oxygens (including phenoxy) is 3. The summed E-state index contributed by atoms with van der Waals surface area (Å²) >= 11 is 5.65. The van der Waals surface area contributed by atoms with Gasteiger partial charge in [-0.3, -0.25) is 9.59 Å². The molecule has 0 heterocycles. The lowest BCUT2D eigenvalue weighted by Crippen LogP contribution is -2.21. The maximum Gasteiger partial charge on any atom is 0.233 e. The van der Waals surface area contributed by atoms with Gasteiger partial charge in [-0.15, -0.1) is 0 Å². The van der Waals surface area contributed by atoms with E-state index in [1.165, 1.54) is 45.6 Å². The summed E-state index contributed by atoms with van der Waals surface area (Å²) in [6, 6.07) is 6.80. The second-order valence-electron chi connectivity index (χ2n) is 5.32. The van der Waals surface area contributed by atoms with Gasteiger partial charge in [0.15, 0.2) is 11.5 Å². The van der Waals surface area contributed by atoms with Crippen molar-refractivity contribution in [1.29, 1.82) is 0 Å². The van der Waals surface area contributed by atoms with Crippen LogP contribution in [-0.4, -0.2) is 33.1 Å². The van der Waals surface area contributed by atoms with Crippen LogP contribution >= 0.6 is 11.6 Å². The van der Waals surface area contributed by atoms with Crippen molar-refractivity contribution in [2.24, 2.45) is 0 Å². The van der Waals surface area contributed by atoms with Crippen molar-refractivity contribution in [2.75, 3.05) is 32.0 Å². The Balaban J connectivity index is 2.04. The molecule has 2 N–H and O–H groups in total. The molecule has 144 valence electrons. The second kappa shape index (κ2) is 9.09. The molecule has 0 atom stereocenters. The van der Waals surface area contributed by atoms with E-state index in [0.29, 0.717) is 22.9 Å². The smallest absolute Gasteiger partial charge is 0.233 e. The van der Waals surface area contributed by atoms with Crippen LogP contribution in [0.5, 0.6) is 17.2 Å². The van der Waals surface area contributed by atoms with Crippen LogP contribution in [0.1, 0.15) is 6.42 Å². The normalized spacial score (nSPS) is 10.1. The van der Waals surface area contributed by atoms with Crippen molar-refractivity contribution in [1.82, 2.24) is 0 Å². The summed E-state index contributed by atoms with van der Waals surface area (Å²) in [4.78, 5) is 24.1. The molecule has 0 saturated carbocycles. The highest BCUT2D eigenvalue weighted by Crippen LogP contribution is 2.39. The molecule has 2 rings (SSSR count). The van der Waals surface area contributed by atoms with E-state index in [1.807, 2.05) is 0 Å². The van der Waals surface area contributed by atoms with Crippen LogP contribution in [0.25, 0.3) is 0 Å². The maximum absolute atomic E-state index is 13.1. The summed E-state index contributed by atoms with van der Waals surface area (Å²) in [7, 11) is 4.36. The third-order valence-corrected chi connectivity index (χ3v) is 3.76. The molecule has 0 aliphatic rings. The van der Waals surface area contributed by atoms with E-state index in [2.05, 4.69) is 10.6 Å². The zero-order chi connectivity index (χ0) is 20.0. The molecule has 0 aliphatic heterocycles. The predicted molar refractivity (Wildman–Crippen MR) is 99.4 cm³/mol. The third kappa shape index (κ3) is 5.24. The van der Waals surface area contributed by atoms with Crippen molar-refractivity contribution < 1.29 is 28.2 Å². The van der Waals surface area contributed by atoms with E-state index < -0.39 is 24.1 Å². The summed E-state index contributed by atoms with van der Waals surface area (Å²) in [6.07, 6.45) is -0.453. The number of benzene rings is 2. The number of carbonyl (C=O) groups excluding carboxylic acids is 2. The molecule has 0 unspecified atom stereocenters. The highest BCUT2D eigenvalue weighted by atomic mass is 35.5. The maximum atomic E-state index is 13.1. The fraction of sp³-hybridized carbons (Fsp3) is 0.222. The molecule has 0 aliphatic carbocycles. The zero-order valence-corrected chi connectivity index (χ0v) is 15.6. The summed E-state index contributed by atoms with van der Waals surface area (Å²) in [6.45, 7) is 0. The Labute approximate surface area is 160 Å². The molecule has 0 aromatic heterocycles. The topological polar surface area (TPSA) is 85.9 Å². The third-order valence-electron chi connectivity index (χ3n) is 3.47. The number of hydrogen-bond acceptors (Lipinski definition) is 5. The van der Waals surface area contributed by atoms with Crippen molar-refractivity contribution >= 4 is 34.8 Å². The van der Waals surface area contributed by atoms with E-state index in [9.17, 15) is 14.0 Å². The molecule has 0 fully saturated rings. The first-order chi connectivity index (χ1) is 12.9. The van der Waals surface area contributed by atoms with E-state index in [4.69, 9.17) is 25.8 Å². The molecular weight excluding hydrogens is 379 g/mol. The van der Waals surface area contributed by atoms with Crippen LogP contribution in [0.2, 0.25) is 5.02 Å². The first-order valence-corrected chi connectivity index (χ1v) is 8.10. The average molecular weight is 397 g/mol. The predicted octanol–water partition coefficient (Wildman–Crippen LogP) is 3.47. The highest BCUT2D eigenvalue weighted by Gasteiger charge is 2.16. The summed E-state index contributed by atoms with van der Waals surface area (Å²) in [5.41, 5.74) is 0.652. The fourth-order valence-electron chi connectivity index (χ4n) is 2.28. The van der Waals surface area contributed by atoms with Crippen LogP contribution in [0, 0.1) is 5.82 Å². The summed E-state index contributed by atoms with van der Waals surface area (Å²) in [5.74, 6) is -0.647. The van der Waals surface area contributed by atoms with E-state index in [0.717, 1.165) is 6.07 Å². The lowest BCUT2D eigenvalue weighted by atomic mass is 10.2. The van der Waals surface area contributed by atoms with E-state index in [-0.39, 0.29) is 10.7 Å². The van der Waals surface area contributed by atoms with E-state index in [1.54, 1.807) is 0 Å². The minimum atomic E-state index is -0.602. The first kappa shape index (κ1) is 20.3. The number of hydrogen-bond donors (Lipinski definition) is 2. The molecular formula is C18H18ClFN2O5. The molecule has 0 radical (unpaired) electrons. The largest absolute Gasteiger partial charge is 0.493 e. The van der Waals surface area contributed by atoms with Gasteiger partial charge in [-0.05, 0) is 18.2 Å². The Kier molecular flexibility index (Phi) is 6.84. The van der Waals surface area contributed by atoms with Gasteiger partial charge < -0.3 is 24.8 Å². The van der Waals surface area contributed by atoms with Gasteiger partial charge >= 0.3 is 0 Å². The quantitative estimate of drug-likeness (QED) is 0.700. The molecule has 0 saturated heterocycles. The summed E-state index contributed by atoms with van der Waals surface area (Å²) < 4.78 is 28.7. The number of carbonyl (C=O) groups is 2. The molecule has 0 spiro atoms. The zero-order valence-electron chi connectivity index (χ0n) is 14.9. The standard InChI is InChI=1S/C18H18ClFN2O5/c1-25-14-7-11(8-15(26-2)18(14)27-3)22-17(24)9-16(23)21-10-4-5-13(20)12(19)6-10/h4-8H,9H2,1-3H3,(H,21,23)(H,22,24). The minimum absolute atomic E-state index is 0.130. The lowest BCUT2D eigenvalue weighted by molar-refractivity contribution is -0.123. The first-order valence-electron chi connectivity index (χ1n) is 7.72.